The third kappa shape index (κ3) is 7.66. The number of hydrogen-bond donors (Lipinski definition) is 2. The number of nitrogens with one attached hydrogen (secondary N) is 2. The van der Waals surface area contributed by atoms with Gasteiger partial charge in [0, 0.05) is 12.4 Å². The molecule has 16 heavy (non-hydrogen) atoms. The topological polar surface area (TPSA) is 82.9 Å². The highest BCUT2D eigenvalue weighted by Crippen LogP contribution is 1.80. The molecule has 90 valence electrons. The Bertz CT molecular complexity index is 246. The summed E-state index contributed by atoms with van der Waals surface area (Å²) in [7, 11) is 0. The molecule has 0 bridgehead atoms. The second-order valence-corrected chi connectivity index (χ2v) is 3.08. The quantitative estimate of drug-likeness (QED) is 0.399. The normalized spacial score (nSPS) is 10.9. The van der Waals surface area contributed by atoms with E-state index in [4.69, 9.17) is 0 Å². The maximum Gasteiger partial charge on any atom is 0.331 e. The number of unbranched alkanes of at least 4 members (excludes halogenated alkanes) is 2. The molecule has 0 heterocycles. The molecule has 6 nitrogen and oxygen atoms in total. The lowest BCUT2D eigenvalue weighted by Crippen LogP contribution is -2.35. The molecule has 0 aromatic heterocycles. The van der Waals surface area contributed by atoms with Crippen molar-refractivity contribution in [2.24, 2.45) is 10.2 Å². The summed E-state index contributed by atoms with van der Waals surface area (Å²) in [5.41, 5.74) is 4.21. The van der Waals surface area contributed by atoms with Crippen LogP contribution in [-0.4, -0.2) is 24.2 Å². The van der Waals surface area contributed by atoms with E-state index in [0.29, 0.717) is 0 Å². The van der Waals surface area contributed by atoms with Gasteiger partial charge < -0.3 is 0 Å². The molecule has 0 fully saturated rings. The molecule has 0 aromatic carbocycles. The number of hydrogen-bond acceptors (Lipinski definition) is 4. The lowest BCUT2D eigenvalue weighted by Gasteiger charge is -1.97. The number of amides is 2. The van der Waals surface area contributed by atoms with Gasteiger partial charge in [-0.05, 0) is 12.8 Å². The van der Waals surface area contributed by atoms with Crippen LogP contribution < -0.4 is 10.9 Å². The van der Waals surface area contributed by atoms with E-state index in [0.717, 1.165) is 25.7 Å². The standard InChI is InChI=1S/C10H18N4O2/c1-3-5-7-11-13-9(15)10(16)14-12-8-6-4-2/h7-8H,3-6H2,1-2H3,(H,13,15)(H,14,16). The Balaban J connectivity index is 3.77. The fourth-order valence-corrected chi connectivity index (χ4v) is 0.697. The van der Waals surface area contributed by atoms with Gasteiger partial charge in [0.1, 0.15) is 0 Å². The number of rotatable bonds is 6. The first-order valence-electron chi connectivity index (χ1n) is 5.35. The Labute approximate surface area is 95.2 Å². The average molecular weight is 226 g/mol. The van der Waals surface area contributed by atoms with Crippen molar-refractivity contribution in [1.82, 2.24) is 10.9 Å². The third-order valence-electron chi connectivity index (χ3n) is 1.56. The van der Waals surface area contributed by atoms with Crippen molar-refractivity contribution in [1.29, 1.82) is 0 Å². The van der Waals surface area contributed by atoms with Crippen molar-refractivity contribution in [2.45, 2.75) is 39.5 Å². The van der Waals surface area contributed by atoms with Gasteiger partial charge in [0.05, 0.1) is 0 Å². The lowest BCUT2D eigenvalue weighted by atomic mass is 10.4. The zero-order valence-corrected chi connectivity index (χ0v) is 9.69. The van der Waals surface area contributed by atoms with E-state index in [9.17, 15) is 9.59 Å². The van der Waals surface area contributed by atoms with E-state index in [-0.39, 0.29) is 0 Å². The summed E-state index contributed by atoms with van der Waals surface area (Å²) in [5, 5.41) is 7.18. The lowest BCUT2D eigenvalue weighted by molar-refractivity contribution is -0.139. The van der Waals surface area contributed by atoms with E-state index < -0.39 is 11.8 Å². The second kappa shape index (κ2) is 9.82. The van der Waals surface area contributed by atoms with Crippen LogP contribution in [0.3, 0.4) is 0 Å². The zero-order valence-electron chi connectivity index (χ0n) is 9.69. The maximum atomic E-state index is 11.1. The predicted molar refractivity (Wildman–Crippen MR) is 63.1 cm³/mol. The van der Waals surface area contributed by atoms with E-state index in [1.807, 2.05) is 13.8 Å². The molecule has 0 saturated heterocycles. The van der Waals surface area contributed by atoms with Crippen LogP contribution in [0.1, 0.15) is 39.5 Å². The minimum atomic E-state index is -0.819. The van der Waals surface area contributed by atoms with Gasteiger partial charge in [-0.2, -0.15) is 10.2 Å². The largest absolute Gasteiger partial charge is 0.331 e. The minimum Gasteiger partial charge on any atom is -0.262 e. The predicted octanol–water partition coefficient (Wildman–Crippen LogP) is 0.791. The smallest absolute Gasteiger partial charge is 0.262 e. The van der Waals surface area contributed by atoms with Crippen LogP contribution in [0.4, 0.5) is 0 Å². The molecule has 0 aromatic rings. The van der Waals surface area contributed by atoms with Crippen molar-refractivity contribution in [2.75, 3.05) is 0 Å². The molecule has 0 rings (SSSR count). The number of hydrazone groups is 2. The fraction of sp³-hybridized carbons (Fsp3) is 0.600. The van der Waals surface area contributed by atoms with Crippen LogP contribution in [0, 0.1) is 0 Å². The van der Waals surface area contributed by atoms with Crippen LogP contribution in [0.15, 0.2) is 10.2 Å². The van der Waals surface area contributed by atoms with Crippen molar-refractivity contribution in [3.8, 4) is 0 Å². The van der Waals surface area contributed by atoms with Gasteiger partial charge in [0.25, 0.3) is 0 Å². The van der Waals surface area contributed by atoms with E-state index in [2.05, 4.69) is 21.1 Å². The van der Waals surface area contributed by atoms with Crippen molar-refractivity contribution in [3.05, 3.63) is 0 Å². The van der Waals surface area contributed by atoms with Crippen LogP contribution >= 0.6 is 0 Å². The van der Waals surface area contributed by atoms with Gasteiger partial charge >= 0.3 is 11.8 Å². The van der Waals surface area contributed by atoms with Crippen molar-refractivity contribution in [3.63, 3.8) is 0 Å². The van der Waals surface area contributed by atoms with Crippen LogP contribution in [-0.2, 0) is 9.59 Å². The Kier molecular flexibility index (Phi) is 8.76. The van der Waals surface area contributed by atoms with Gasteiger partial charge in [-0.1, -0.05) is 26.7 Å². The first-order chi connectivity index (χ1) is 7.72. The van der Waals surface area contributed by atoms with Gasteiger partial charge in [-0.3, -0.25) is 9.59 Å². The Hall–Kier alpha value is -1.72. The van der Waals surface area contributed by atoms with Crippen LogP contribution in [0.5, 0.6) is 0 Å². The van der Waals surface area contributed by atoms with Crippen molar-refractivity contribution < 1.29 is 9.59 Å². The monoisotopic (exact) mass is 226 g/mol. The van der Waals surface area contributed by atoms with Crippen LogP contribution in [0.2, 0.25) is 0 Å². The minimum absolute atomic E-state index is 0.760. The summed E-state index contributed by atoms with van der Waals surface area (Å²) in [4.78, 5) is 22.1. The molecule has 2 amide bonds. The molecular formula is C10H18N4O2. The molecule has 0 radical (unpaired) electrons. The first kappa shape index (κ1) is 14.3. The first-order valence-corrected chi connectivity index (χ1v) is 5.35. The number of carbonyl (C=O) groups is 2. The average Bonchev–Trinajstić information content (AvgIpc) is 2.29. The molecule has 0 aliphatic carbocycles. The zero-order chi connectivity index (χ0) is 12.2. The molecule has 6 heteroatoms. The molecule has 0 aliphatic heterocycles. The van der Waals surface area contributed by atoms with Gasteiger partial charge in [-0.15, -0.1) is 0 Å². The fourth-order valence-electron chi connectivity index (χ4n) is 0.697. The Morgan fingerprint density at radius 3 is 1.62 bits per heavy atom. The van der Waals surface area contributed by atoms with Gasteiger partial charge in [-0.25, -0.2) is 10.9 Å². The highest BCUT2D eigenvalue weighted by atomic mass is 16.2. The molecule has 0 unspecified atom stereocenters. The summed E-state index contributed by atoms with van der Waals surface area (Å²) < 4.78 is 0. The second-order valence-electron chi connectivity index (χ2n) is 3.08. The summed E-state index contributed by atoms with van der Waals surface area (Å²) in [5.74, 6) is -1.64. The maximum absolute atomic E-state index is 11.1. The SMILES string of the molecule is CCCC=NNC(=O)C(=O)NN=CCCC. The molecule has 0 saturated carbocycles. The number of nitrogens with zero attached hydrogens (tertiary/aromatic N) is 2. The summed E-state index contributed by atoms with van der Waals surface area (Å²) in [6, 6.07) is 0. The molecule has 2 N–H and O–H groups in total. The molecule has 0 aliphatic rings. The molecule has 0 atom stereocenters. The summed E-state index contributed by atoms with van der Waals surface area (Å²) in [6.45, 7) is 3.98. The van der Waals surface area contributed by atoms with E-state index >= 15 is 0 Å². The highest BCUT2D eigenvalue weighted by molar-refractivity contribution is 6.35. The number of carbonyl (C=O) groups excluding carboxylic acids is 2. The third-order valence-corrected chi connectivity index (χ3v) is 1.56. The Morgan fingerprint density at radius 2 is 1.31 bits per heavy atom. The van der Waals surface area contributed by atoms with Crippen molar-refractivity contribution >= 4 is 24.2 Å². The van der Waals surface area contributed by atoms with E-state index in [1.54, 1.807) is 12.4 Å². The van der Waals surface area contributed by atoms with Gasteiger partial charge in [0.15, 0.2) is 0 Å². The highest BCUT2D eigenvalue weighted by Gasteiger charge is 2.10. The molecular weight excluding hydrogens is 208 g/mol. The van der Waals surface area contributed by atoms with Crippen LogP contribution in [0.25, 0.3) is 0 Å². The Morgan fingerprint density at radius 1 is 0.938 bits per heavy atom. The van der Waals surface area contributed by atoms with Gasteiger partial charge in [0.2, 0.25) is 0 Å². The summed E-state index contributed by atoms with van der Waals surface area (Å²) in [6.07, 6.45) is 6.49. The molecule has 0 spiro atoms. The van der Waals surface area contributed by atoms with E-state index in [1.165, 1.54) is 0 Å². The summed E-state index contributed by atoms with van der Waals surface area (Å²) >= 11 is 0.